The quantitative estimate of drug-likeness (QED) is 0.374. The van der Waals surface area contributed by atoms with Gasteiger partial charge in [0.05, 0.1) is 0 Å². The second-order valence-corrected chi connectivity index (χ2v) is 6.31. The van der Waals surface area contributed by atoms with E-state index in [2.05, 4.69) is 22.1 Å². The van der Waals surface area contributed by atoms with E-state index in [0.717, 1.165) is 25.3 Å². The zero-order chi connectivity index (χ0) is 17.2. The van der Waals surface area contributed by atoms with Gasteiger partial charge in [0.25, 0.3) is 0 Å². The second-order valence-electron chi connectivity index (χ2n) is 6.31. The van der Waals surface area contributed by atoms with Gasteiger partial charge in [-0.2, -0.15) is 0 Å². The van der Waals surface area contributed by atoms with Crippen molar-refractivity contribution in [1.29, 1.82) is 0 Å². The van der Waals surface area contributed by atoms with Crippen molar-refractivity contribution in [3.8, 4) is 0 Å². The van der Waals surface area contributed by atoms with Crippen LogP contribution < -0.4 is 5.32 Å². The Balaban J connectivity index is 0. The second kappa shape index (κ2) is 12.7. The molecular weight excluding hydrogens is 407 g/mol. The molecule has 0 radical (unpaired) electrons. The Bertz CT molecular complexity index is 356. The molecule has 0 aliphatic heterocycles. The first-order valence-corrected chi connectivity index (χ1v) is 8.14. The molecule has 0 aromatic carbocycles. The number of aliphatic imine (C=N–C) groups is 1. The topological polar surface area (TPSA) is 57.2 Å². The summed E-state index contributed by atoms with van der Waals surface area (Å²) in [4.78, 5) is 20.1. The normalized spacial score (nSPS) is 11.5. The first kappa shape index (κ1) is 24.5. The molecule has 0 bridgehead atoms. The highest BCUT2D eigenvalue weighted by molar-refractivity contribution is 14.0. The molecule has 0 saturated heterocycles. The maximum Gasteiger partial charge on any atom is 0.410 e. The molecule has 0 saturated carbocycles. The Labute approximate surface area is 159 Å². The Morgan fingerprint density at radius 1 is 1.22 bits per heavy atom. The van der Waals surface area contributed by atoms with Crippen molar-refractivity contribution in [3.05, 3.63) is 0 Å². The number of carbonyl (C=O) groups is 1. The van der Waals surface area contributed by atoms with Crippen LogP contribution >= 0.6 is 24.0 Å². The number of amides is 1. The van der Waals surface area contributed by atoms with Crippen molar-refractivity contribution in [2.75, 3.05) is 40.3 Å². The zero-order valence-electron chi connectivity index (χ0n) is 15.8. The van der Waals surface area contributed by atoms with Gasteiger partial charge < -0.3 is 19.9 Å². The van der Waals surface area contributed by atoms with E-state index in [4.69, 9.17) is 4.74 Å². The highest BCUT2D eigenvalue weighted by Gasteiger charge is 2.20. The number of unbranched alkanes of at least 4 members (excludes halogenated alkanes) is 1. The lowest BCUT2D eigenvalue weighted by Gasteiger charge is -2.27. The number of halogens is 1. The molecule has 0 fully saturated rings. The fourth-order valence-electron chi connectivity index (χ4n) is 1.89. The minimum atomic E-state index is -0.464. The van der Waals surface area contributed by atoms with Crippen LogP contribution in [0.2, 0.25) is 0 Å². The molecule has 0 unspecified atom stereocenters. The van der Waals surface area contributed by atoms with Crippen LogP contribution in [0.15, 0.2) is 4.99 Å². The summed E-state index contributed by atoms with van der Waals surface area (Å²) < 4.78 is 5.39. The van der Waals surface area contributed by atoms with Crippen molar-refractivity contribution in [3.63, 3.8) is 0 Å². The Morgan fingerprint density at radius 3 is 2.26 bits per heavy atom. The van der Waals surface area contributed by atoms with E-state index in [1.54, 1.807) is 11.9 Å². The zero-order valence-corrected chi connectivity index (χ0v) is 18.1. The standard InChI is InChI=1S/C16H34N4O2.HI/c1-8-10-12-19(7)14(17-6)18-11-13-20(9-2)15(21)22-16(3,4)5;/h8-13H2,1-7H3,(H,17,18);1H. The summed E-state index contributed by atoms with van der Waals surface area (Å²) in [5.41, 5.74) is -0.464. The predicted molar refractivity (Wildman–Crippen MR) is 108 cm³/mol. The number of rotatable bonds is 7. The molecule has 6 nitrogen and oxygen atoms in total. The number of guanidine groups is 1. The number of nitrogens with zero attached hydrogens (tertiary/aromatic N) is 3. The van der Waals surface area contributed by atoms with Gasteiger partial charge in [-0.3, -0.25) is 4.99 Å². The molecule has 0 heterocycles. The van der Waals surface area contributed by atoms with E-state index in [1.165, 1.54) is 0 Å². The average molecular weight is 442 g/mol. The number of nitrogens with one attached hydrogen (secondary N) is 1. The van der Waals surface area contributed by atoms with E-state index >= 15 is 0 Å². The van der Waals surface area contributed by atoms with Gasteiger partial charge in [-0.1, -0.05) is 13.3 Å². The number of hydrogen-bond acceptors (Lipinski definition) is 3. The van der Waals surface area contributed by atoms with E-state index in [0.29, 0.717) is 19.6 Å². The van der Waals surface area contributed by atoms with Crippen LogP contribution in [0.5, 0.6) is 0 Å². The van der Waals surface area contributed by atoms with Crippen LogP contribution in [0.25, 0.3) is 0 Å². The van der Waals surface area contributed by atoms with Gasteiger partial charge in [-0.15, -0.1) is 24.0 Å². The summed E-state index contributed by atoms with van der Waals surface area (Å²) in [6.45, 7) is 12.6. The monoisotopic (exact) mass is 442 g/mol. The maximum absolute atomic E-state index is 12.0. The van der Waals surface area contributed by atoms with E-state index in [1.807, 2.05) is 34.7 Å². The molecule has 138 valence electrons. The number of ether oxygens (including phenoxy) is 1. The Kier molecular flexibility index (Phi) is 13.5. The molecule has 0 spiro atoms. The van der Waals surface area contributed by atoms with E-state index in [-0.39, 0.29) is 30.1 Å². The lowest BCUT2D eigenvalue weighted by Crippen LogP contribution is -2.45. The fraction of sp³-hybridized carbons (Fsp3) is 0.875. The minimum absolute atomic E-state index is 0. The fourth-order valence-corrected chi connectivity index (χ4v) is 1.89. The van der Waals surface area contributed by atoms with Crippen LogP contribution in [-0.2, 0) is 4.74 Å². The molecule has 0 aliphatic carbocycles. The lowest BCUT2D eigenvalue weighted by molar-refractivity contribution is 0.0263. The average Bonchev–Trinajstić information content (AvgIpc) is 2.43. The molecular formula is C16H35IN4O2. The van der Waals surface area contributed by atoms with Crippen LogP contribution in [0.1, 0.15) is 47.5 Å². The summed E-state index contributed by atoms with van der Waals surface area (Å²) in [6.07, 6.45) is 2.02. The molecule has 0 aromatic heterocycles. The number of carbonyl (C=O) groups excluding carboxylic acids is 1. The van der Waals surface area contributed by atoms with Gasteiger partial charge >= 0.3 is 6.09 Å². The third-order valence-electron chi connectivity index (χ3n) is 3.12. The van der Waals surface area contributed by atoms with Crippen LogP contribution in [0, 0.1) is 0 Å². The SMILES string of the molecule is CCCCN(C)C(=NC)NCCN(CC)C(=O)OC(C)(C)C.I. The largest absolute Gasteiger partial charge is 0.444 e. The molecule has 7 heteroatoms. The summed E-state index contributed by atoms with van der Waals surface area (Å²) in [5.74, 6) is 0.855. The molecule has 0 aliphatic rings. The van der Waals surface area contributed by atoms with E-state index in [9.17, 15) is 4.79 Å². The third kappa shape index (κ3) is 11.4. The summed E-state index contributed by atoms with van der Waals surface area (Å²) >= 11 is 0. The van der Waals surface area contributed by atoms with Gasteiger partial charge in [0.15, 0.2) is 5.96 Å². The highest BCUT2D eigenvalue weighted by atomic mass is 127. The molecule has 1 amide bonds. The molecule has 0 atom stereocenters. The van der Waals surface area contributed by atoms with Crippen LogP contribution in [0.4, 0.5) is 4.79 Å². The highest BCUT2D eigenvalue weighted by Crippen LogP contribution is 2.09. The molecule has 0 aromatic rings. The summed E-state index contributed by atoms with van der Waals surface area (Å²) in [7, 11) is 3.80. The molecule has 1 N–H and O–H groups in total. The molecule has 23 heavy (non-hydrogen) atoms. The third-order valence-corrected chi connectivity index (χ3v) is 3.12. The first-order chi connectivity index (χ1) is 10.2. The van der Waals surface area contributed by atoms with Crippen LogP contribution in [-0.4, -0.2) is 67.7 Å². The van der Waals surface area contributed by atoms with Crippen molar-refractivity contribution in [2.45, 2.75) is 53.1 Å². The van der Waals surface area contributed by atoms with Crippen molar-refractivity contribution < 1.29 is 9.53 Å². The lowest BCUT2D eigenvalue weighted by atomic mass is 10.2. The van der Waals surface area contributed by atoms with Crippen LogP contribution in [0.3, 0.4) is 0 Å². The predicted octanol–water partition coefficient (Wildman–Crippen LogP) is 3.17. The Hall–Kier alpha value is -0.730. The number of hydrogen-bond donors (Lipinski definition) is 1. The number of likely N-dealkylation sites (N-methyl/N-ethyl adjacent to an activating group) is 1. The van der Waals surface area contributed by atoms with Gasteiger partial charge in [-0.05, 0) is 34.1 Å². The summed E-state index contributed by atoms with van der Waals surface area (Å²) in [6, 6.07) is 0. The minimum Gasteiger partial charge on any atom is -0.444 e. The summed E-state index contributed by atoms with van der Waals surface area (Å²) in [5, 5.41) is 3.29. The molecule has 0 rings (SSSR count). The Morgan fingerprint density at radius 2 is 1.83 bits per heavy atom. The van der Waals surface area contributed by atoms with Gasteiger partial charge in [0.2, 0.25) is 0 Å². The maximum atomic E-state index is 12.0. The van der Waals surface area contributed by atoms with Gasteiger partial charge in [0, 0.05) is 40.3 Å². The van der Waals surface area contributed by atoms with Crippen molar-refractivity contribution in [1.82, 2.24) is 15.1 Å². The van der Waals surface area contributed by atoms with Crippen molar-refractivity contribution >= 4 is 36.0 Å². The van der Waals surface area contributed by atoms with E-state index < -0.39 is 5.60 Å². The van der Waals surface area contributed by atoms with Gasteiger partial charge in [0.1, 0.15) is 5.60 Å². The van der Waals surface area contributed by atoms with Crippen molar-refractivity contribution in [2.24, 2.45) is 4.99 Å². The first-order valence-electron chi connectivity index (χ1n) is 8.14. The smallest absolute Gasteiger partial charge is 0.410 e. The van der Waals surface area contributed by atoms with Gasteiger partial charge in [-0.25, -0.2) is 4.79 Å².